The lowest BCUT2D eigenvalue weighted by atomic mass is 9.88. The van der Waals surface area contributed by atoms with E-state index in [-0.39, 0.29) is 18.1 Å². The normalized spacial score (nSPS) is 25.0. The van der Waals surface area contributed by atoms with Crippen molar-refractivity contribution >= 4 is 12.0 Å². The lowest BCUT2D eigenvalue weighted by Crippen LogP contribution is -2.45. The molecule has 0 aromatic heterocycles. The molecule has 2 amide bonds. The van der Waals surface area contributed by atoms with E-state index in [0.29, 0.717) is 23.8 Å². The first-order valence-corrected chi connectivity index (χ1v) is 10.2. The fourth-order valence-electron chi connectivity index (χ4n) is 3.89. The van der Waals surface area contributed by atoms with Crippen LogP contribution in [-0.4, -0.2) is 24.7 Å². The zero-order valence-electron chi connectivity index (χ0n) is 16.9. The summed E-state index contributed by atoms with van der Waals surface area (Å²) in [4.78, 5) is 25.0. The molecule has 2 aliphatic rings. The van der Waals surface area contributed by atoms with Crippen molar-refractivity contribution in [2.75, 3.05) is 6.61 Å². The van der Waals surface area contributed by atoms with Gasteiger partial charge in [0.15, 0.2) is 0 Å². The Morgan fingerprint density at radius 1 is 1.21 bits per heavy atom. The maximum Gasteiger partial charge on any atom is 0.338 e. The Hall–Kier alpha value is -2.50. The van der Waals surface area contributed by atoms with Crippen molar-refractivity contribution in [3.8, 4) is 5.75 Å². The van der Waals surface area contributed by atoms with Crippen LogP contribution in [0.4, 0.5) is 4.79 Å². The van der Waals surface area contributed by atoms with Gasteiger partial charge in [0.25, 0.3) is 0 Å². The van der Waals surface area contributed by atoms with Crippen molar-refractivity contribution in [1.29, 1.82) is 0 Å². The third-order valence-electron chi connectivity index (χ3n) is 5.34. The van der Waals surface area contributed by atoms with E-state index in [1.54, 1.807) is 6.92 Å². The summed E-state index contributed by atoms with van der Waals surface area (Å²) in [5, 5.41) is 5.55. The van der Waals surface area contributed by atoms with Crippen LogP contribution < -0.4 is 15.4 Å². The Labute approximate surface area is 166 Å². The van der Waals surface area contributed by atoms with Crippen molar-refractivity contribution in [2.45, 2.75) is 65.0 Å². The minimum atomic E-state index is -0.539. The number of urea groups is 1. The molecule has 1 saturated carbocycles. The molecule has 1 aliphatic carbocycles. The molecule has 0 saturated heterocycles. The monoisotopic (exact) mass is 386 g/mol. The predicted molar refractivity (Wildman–Crippen MR) is 107 cm³/mol. The molecule has 0 radical (unpaired) electrons. The molecule has 6 heteroatoms. The maximum absolute atomic E-state index is 13.0. The molecule has 2 N–H and O–H groups in total. The van der Waals surface area contributed by atoms with Gasteiger partial charge in [0, 0.05) is 5.70 Å². The maximum atomic E-state index is 13.0. The summed E-state index contributed by atoms with van der Waals surface area (Å²) >= 11 is 0. The van der Waals surface area contributed by atoms with Crippen molar-refractivity contribution < 1.29 is 19.1 Å². The molecule has 152 valence electrons. The van der Waals surface area contributed by atoms with Gasteiger partial charge in [-0.25, -0.2) is 9.59 Å². The van der Waals surface area contributed by atoms with Crippen LogP contribution in [0.25, 0.3) is 0 Å². The zero-order chi connectivity index (χ0) is 20.1. The molecule has 28 heavy (non-hydrogen) atoms. The SMILES string of the molecule is CCCOc1ccc([C@H]2NC(=O)NC(C)=C2C(=O)O[C@H]2CCC[C@H](C)C2)cc1. The molecule has 0 unspecified atom stereocenters. The molecule has 6 nitrogen and oxygen atoms in total. The van der Waals surface area contributed by atoms with E-state index in [1.165, 1.54) is 6.42 Å². The highest BCUT2D eigenvalue weighted by molar-refractivity contribution is 5.95. The standard InChI is InChI=1S/C22H30N2O4/c1-4-12-27-17-10-8-16(9-11-17)20-19(15(3)23-22(26)24-20)21(25)28-18-7-5-6-14(2)13-18/h8-11,14,18,20H,4-7,12-13H2,1-3H3,(H2,23,24,26)/t14-,18-,20+/m0/s1. The zero-order valence-corrected chi connectivity index (χ0v) is 16.9. The van der Waals surface area contributed by atoms with Crippen LogP contribution in [0.1, 0.15) is 64.5 Å². The second-order valence-electron chi connectivity index (χ2n) is 7.79. The summed E-state index contributed by atoms with van der Waals surface area (Å²) in [7, 11) is 0. The third kappa shape index (κ3) is 4.86. The first-order chi connectivity index (χ1) is 13.5. The number of amides is 2. The Kier molecular flexibility index (Phi) is 6.60. The molecule has 3 atom stereocenters. The third-order valence-corrected chi connectivity index (χ3v) is 5.34. The van der Waals surface area contributed by atoms with Crippen molar-refractivity contribution in [3.05, 3.63) is 41.1 Å². The molecule has 1 aliphatic heterocycles. The molecule has 3 rings (SSSR count). The minimum absolute atomic E-state index is 0.0559. The lowest BCUT2D eigenvalue weighted by Gasteiger charge is -2.31. The molecular formula is C22H30N2O4. The summed E-state index contributed by atoms with van der Waals surface area (Å²) in [5.74, 6) is 0.976. The number of nitrogens with one attached hydrogen (secondary N) is 2. The van der Waals surface area contributed by atoms with Gasteiger partial charge in [-0.05, 0) is 56.2 Å². The van der Waals surface area contributed by atoms with Gasteiger partial charge in [-0.3, -0.25) is 0 Å². The molecule has 1 aromatic rings. The smallest absolute Gasteiger partial charge is 0.338 e. The van der Waals surface area contributed by atoms with E-state index < -0.39 is 6.04 Å². The number of carbonyl (C=O) groups excluding carboxylic acids is 2. The Bertz CT molecular complexity index is 741. The van der Waals surface area contributed by atoms with Gasteiger partial charge in [0.2, 0.25) is 0 Å². The van der Waals surface area contributed by atoms with E-state index in [0.717, 1.165) is 37.0 Å². The van der Waals surface area contributed by atoms with Crippen molar-refractivity contribution in [3.63, 3.8) is 0 Å². The number of hydrogen-bond acceptors (Lipinski definition) is 4. The number of rotatable bonds is 6. The average molecular weight is 386 g/mol. The summed E-state index contributed by atoms with van der Waals surface area (Å²) in [6.45, 7) is 6.64. The quantitative estimate of drug-likeness (QED) is 0.718. The van der Waals surface area contributed by atoms with Crippen LogP contribution in [-0.2, 0) is 9.53 Å². The highest BCUT2D eigenvalue weighted by Crippen LogP contribution is 2.31. The summed E-state index contributed by atoms with van der Waals surface area (Å²) in [5.41, 5.74) is 1.82. The largest absolute Gasteiger partial charge is 0.494 e. The second kappa shape index (κ2) is 9.13. The Balaban J connectivity index is 1.79. The minimum Gasteiger partial charge on any atom is -0.494 e. The first kappa shape index (κ1) is 20.2. The summed E-state index contributed by atoms with van der Waals surface area (Å²) in [6, 6.07) is 6.62. The number of hydrogen-bond donors (Lipinski definition) is 2. The summed E-state index contributed by atoms with van der Waals surface area (Å²) < 4.78 is 11.4. The number of esters is 1. The molecule has 0 spiro atoms. The van der Waals surface area contributed by atoms with Gasteiger partial charge in [0.1, 0.15) is 11.9 Å². The van der Waals surface area contributed by atoms with Gasteiger partial charge >= 0.3 is 12.0 Å². The van der Waals surface area contributed by atoms with Crippen molar-refractivity contribution in [1.82, 2.24) is 10.6 Å². The Morgan fingerprint density at radius 3 is 2.64 bits per heavy atom. The molecule has 1 heterocycles. The number of allylic oxidation sites excluding steroid dienone is 1. The van der Waals surface area contributed by atoms with Crippen molar-refractivity contribution in [2.24, 2.45) is 5.92 Å². The van der Waals surface area contributed by atoms with E-state index in [2.05, 4.69) is 24.5 Å². The number of benzene rings is 1. The van der Waals surface area contributed by atoms with Gasteiger partial charge in [0.05, 0.1) is 18.2 Å². The van der Waals surface area contributed by atoms with Gasteiger partial charge < -0.3 is 20.1 Å². The fourth-order valence-corrected chi connectivity index (χ4v) is 3.89. The lowest BCUT2D eigenvalue weighted by molar-refractivity contribution is -0.146. The van der Waals surface area contributed by atoms with Crippen LogP contribution in [0, 0.1) is 5.92 Å². The highest BCUT2D eigenvalue weighted by atomic mass is 16.5. The van der Waals surface area contributed by atoms with E-state index in [1.807, 2.05) is 24.3 Å². The topological polar surface area (TPSA) is 76.7 Å². The number of ether oxygens (including phenoxy) is 2. The van der Waals surface area contributed by atoms with E-state index in [9.17, 15) is 9.59 Å². The van der Waals surface area contributed by atoms with Crippen LogP contribution >= 0.6 is 0 Å². The Morgan fingerprint density at radius 2 is 1.96 bits per heavy atom. The highest BCUT2D eigenvalue weighted by Gasteiger charge is 2.34. The van der Waals surface area contributed by atoms with E-state index in [4.69, 9.17) is 9.47 Å². The van der Waals surface area contributed by atoms with Crippen LogP contribution in [0.2, 0.25) is 0 Å². The molecule has 0 bridgehead atoms. The van der Waals surface area contributed by atoms with E-state index >= 15 is 0 Å². The van der Waals surface area contributed by atoms with Gasteiger partial charge in [-0.15, -0.1) is 0 Å². The first-order valence-electron chi connectivity index (χ1n) is 10.2. The van der Waals surface area contributed by atoms with Crippen LogP contribution in [0.15, 0.2) is 35.5 Å². The molecular weight excluding hydrogens is 356 g/mol. The van der Waals surface area contributed by atoms with Crippen LogP contribution in [0.5, 0.6) is 5.75 Å². The number of carbonyl (C=O) groups is 2. The fraction of sp³-hybridized carbons (Fsp3) is 0.545. The molecule has 1 fully saturated rings. The van der Waals surface area contributed by atoms with Crippen LogP contribution in [0.3, 0.4) is 0 Å². The average Bonchev–Trinajstić information content (AvgIpc) is 2.66. The summed E-state index contributed by atoms with van der Waals surface area (Å²) in [6.07, 6.45) is 4.93. The second-order valence-corrected chi connectivity index (χ2v) is 7.79. The van der Waals surface area contributed by atoms with Gasteiger partial charge in [-0.1, -0.05) is 32.4 Å². The molecule has 1 aromatic carbocycles. The predicted octanol–water partition coefficient (Wildman–Crippen LogP) is 4.23. The van der Waals surface area contributed by atoms with Gasteiger partial charge in [-0.2, -0.15) is 0 Å².